The maximum Gasteiger partial charge on any atom is 0.276 e. The Labute approximate surface area is 180 Å². The second kappa shape index (κ2) is 7.98. The number of carbonyl (C=O) groups excluding carboxylic acids is 1. The van der Waals surface area contributed by atoms with Crippen molar-refractivity contribution in [2.24, 2.45) is 0 Å². The Morgan fingerprint density at radius 3 is 2.48 bits per heavy atom. The smallest absolute Gasteiger partial charge is 0.276 e. The molecule has 1 aromatic carbocycles. The van der Waals surface area contributed by atoms with E-state index >= 15 is 0 Å². The van der Waals surface area contributed by atoms with E-state index in [0.717, 1.165) is 30.0 Å². The third kappa shape index (κ3) is 3.83. The molecule has 9 heteroatoms. The van der Waals surface area contributed by atoms with Gasteiger partial charge < -0.3 is 14.5 Å². The van der Waals surface area contributed by atoms with Gasteiger partial charge in [-0.15, -0.1) is 5.10 Å². The van der Waals surface area contributed by atoms with Crippen LogP contribution >= 0.6 is 0 Å². The number of anilines is 1. The number of benzene rings is 1. The number of rotatable bonds is 5. The van der Waals surface area contributed by atoms with Gasteiger partial charge in [-0.25, -0.2) is 4.68 Å². The minimum absolute atomic E-state index is 0.0448. The van der Waals surface area contributed by atoms with E-state index in [2.05, 4.69) is 44.2 Å². The van der Waals surface area contributed by atoms with E-state index in [-0.39, 0.29) is 5.91 Å². The van der Waals surface area contributed by atoms with Crippen LogP contribution in [0.4, 0.5) is 5.82 Å². The zero-order valence-electron chi connectivity index (χ0n) is 17.7. The van der Waals surface area contributed by atoms with Crippen LogP contribution in [0.25, 0.3) is 5.69 Å². The molecule has 1 saturated carbocycles. The second-order valence-electron chi connectivity index (χ2n) is 8.04. The van der Waals surface area contributed by atoms with Crippen molar-refractivity contribution in [2.75, 3.05) is 38.2 Å². The average molecular weight is 419 g/mol. The van der Waals surface area contributed by atoms with Crippen molar-refractivity contribution < 1.29 is 9.53 Å². The number of hydrogen-bond acceptors (Lipinski definition) is 7. The fourth-order valence-electron chi connectivity index (χ4n) is 3.92. The highest BCUT2D eigenvalue weighted by Crippen LogP contribution is 2.42. The molecule has 0 N–H and O–H groups in total. The average Bonchev–Trinajstić information content (AvgIpc) is 3.57. The lowest BCUT2D eigenvalue weighted by Gasteiger charge is -2.35. The largest absolute Gasteiger partial charge is 0.480 e. The van der Waals surface area contributed by atoms with Crippen molar-refractivity contribution in [2.45, 2.75) is 25.7 Å². The maximum absolute atomic E-state index is 13.3. The molecule has 2 aliphatic rings. The molecule has 3 heterocycles. The summed E-state index contributed by atoms with van der Waals surface area (Å²) < 4.78 is 7.01. The van der Waals surface area contributed by atoms with E-state index in [1.165, 1.54) is 5.56 Å². The number of nitrogens with zero attached hydrogens (tertiary/aromatic N) is 7. The van der Waals surface area contributed by atoms with Crippen LogP contribution in [0.1, 0.15) is 40.5 Å². The van der Waals surface area contributed by atoms with Crippen LogP contribution in [-0.2, 0) is 0 Å². The molecule has 2 aromatic heterocycles. The van der Waals surface area contributed by atoms with Gasteiger partial charge in [-0.2, -0.15) is 4.98 Å². The number of aromatic nitrogens is 5. The van der Waals surface area contributed by atoms with Crippen LogP contribution < -0.4 is 9.64 Å². The molecule has 1 aliphatic heterocycles. The highest BCUT2D eigenvalue weighted by atomic mass is 16.5. The predicted molar refractivity (Wildman–Crippen MR) is 115 cm³/mol. The molecule has 0 radical (unpaired) electrons. The SMILES string of the molecule is COc1cncc(N2CCN(C(=O)c3nnn(-c4ccc(C)cc4)c3C3CC3)CC2)n1. The van der Waals surface area contributed by atoms with E-state index in [9.17, 15) is 4.79 Å². The zero-order chi connectivity index (χ0) is 21.4. The summed E-state index contributed by atoms with van der Waals surface area (Å²) in [6.07, 6.45) is 5.45. The van der Waals surface area contributed by atoms with Gasteiger partial charge >= 0.3 is 0 Å². The van der Waals surface area contributed by atoms with Crippen molar-refractivity contribution in [1.82, 2.24) is 29.9 Å². The summed E-state index contributed by atoms with van der Waals surface area (Å²) in [4.78, 5) is 25.9. The molecule has 160 valence electrons. The van der Waals surface area contributed by atoms with Crippen molar-refractivity contribution in [1.29, 1.82) is 0 Å². The van der Waals surface area contributed by atoms with Crippen molar-refractivity contribution in [3.8, 4) is 11.6 Å². The summed E-state index contributed by atoms with van der Waals surface area (Å²) in [7, 11) is 1.58. The predicted octanol–water partition coefficient (Wildman–Crippen LogP) is 2.21. The molecule has 31 heavy (non-hydrogen) atoms. The number of carbonyl (C=O) groups is 1. The summed E-state index contributed by atoms with van der Waals surface area (Å²) in [5.41, 5.74) is 3.56. The Hall–Kier alpha value is -3.49. The third-order valence-electron chi connectivity index (χ3n) is 5.85. The van der Waals surface area contributed by atoms with Gasteiger partial charge in [0.25, 0.3) is 5.91 Å². The number of methoxy groups -OCH3 is 1. The Bertz CT molecular complexity index is 1080. The monoisotopic (exact) mass is 419 g/mol. The molecule has 0 spiro atoms. The van der Waals surface area contributed by atoms with Crippen LogP contribution in [0.15, 0.2) is 36.7 Å². The summed E-state index contributed by atoms with van der Waals surface area (Å²) in [5, 5.41) is 8.67. The maximum atomic E-state index is 13.3. The molecular formula is C22H25N7O2. The molecule has 5 rings (SSSR count). The number of aryl methyl sites for hydroxylation is 1. The van der Waals surface area contributed by atoms with Crippen LogP contribution in [0.3, 0.4) is 0 Å². The second-order valence-corrected chi connectivity index (χ2v) is 8.04. The lowest BCUT2D eigenvalue weighted by atomic mass is 10.1. The standard InChI is InChI=1S/C22H25N7O2/c1-15-3-7-17(8-4-15)29-21(16-5-6-16)20(25-26-29)22(30)28-11-9-27(10-12-28)18-13-23-14-19(24-18)31-2/h3-4,7-8,13-14,16H,5-6,9-12H2,1-2H3. The highest BCUT2D eigenvalue weighted by Gasteiger charge is 2.36. The van der Waals surface area contributed by atoms with Crippen LogP contribution in [-0.4, -0.2) is 69.1 Å². The van der Waals surface area contributed by atoms with Crippen molar-refractivity contribution in [3.63, 3.8) is 0 Å². The molecule has 2 fully saturated rings. The molecule has 3 aromatic rings. The normalized spacial score (nSPS) is 16.5. The fourth-order valence-corrected chi connectivity index (χ4v) is 3.92. The quantitative estimate of drug-likeness (QED) is 0.626. The molecule has 1 saturated heterocycles. The summed E-state index contributed by atoms with van der Waals surface area (Å²) in [5.74, 6) is 1.55. The summed E-state index contributed by atoms with van der Waals surface area (Å²) >= 11 is 0. The van der Waals surface area contributed by atoms with Gasteiger partial charge in [-0.3, -0.25) is 9.78 Å². The number of amides is 1. The van der Waals surface area contributed by atoms with Crippen LogP contribution in [0.2, 0.25) is 0 Å². The number of piperazine rings is 1. The molecular weight excluding hydrogens is 394 g/mol. The van der Waals surface area contributed by atoms with E-state index in [4.69, 9.17) is 4.74 Å². The van der Waals surface area contributed by atoms with Gasteiger partial charge in [0.2, 0.25) is 5.88 Å². The Balaban J connectivity index is 1.33. The minimum atomic E-state index is -0.0448. The minimum Gasteiger partial charge on any atom is -0.480 e. The lowest BCUT2D eigenvalue weighted by molar-refractivity contribution is 0.0739. The van der Waals surface area contributed by atoms with E-state index < -0.39 is 0 Å². The van der Waals surface area contributed by atoms with E-state index in [1.807, 2.05) is 21.7 Å². The van der Waals surface area contributed by atoms with Gasteiger partial charge in [0.15, 0.2) is 11.5 Å². The molecule has 1 amide bonds. The molecule has 9 nitrogen and oxygen atoms in total. The van der Waals surface area contributed by atoms with Gasteiger partial charge in [0, 0.05) is 32.1 Å². The first-order chi connectivity index (χ1) is 15.1. The number of ether oxygens (including phenoxy) is 1. The molecule has 0 atom stereocenters. The molecule has 1 aliphatic carbocycles. The lowest BCUT2D eigenvalue weighted by Crippen LogP contribution is -2.49. The first-order valence-corrected chi connectivity index (χ1v) is 10.6. The van der Waals surface area contributed by atoms with E-state index in [1.54, 1.807) is 19.5 Å². The van der Waals surface area contributed by atoms with Crippen molar-refractivity contribution >= 4 is 11.7 Å². The first-order valence-electron chi connectivity index (χ1n) is 10.6. The number of hydrogen-bond donors (Lipinski definition) is 0. The topological polar surface area (TPSA) is 89.3 Å². The first kappa shape index (κ1) is 19.5. The Morgan fingerprint density at radius 1 is 1.06 bits per heavy atom. The zero-order valence-corrected chi connectivity index (χ0v) is 17.7. The molecule has 0 unspecified atom stereocenters. The third-order valence-corrected chi connectivity index (χ3v) is 5.85. The summed E-state index contributed by atoms with van der Waals surface area (Å²) in [6.45, 7) is 4.61. The van der Waals surface area contributed by atoms with E-state index in [0.29, 0.717) is 43.7 Å². The van der Waals surface area contributed by atoms with Gasteiger partial charge in [0.1, 0.15) is 0 Å². The van der Waals surface area contributed by atoms with Gasteiger partial charge in [-0.05, 0) is 31.9 Å². The van der Waals surface area contributed by atoms with Crippen LogP contribution in [0, 0.1) is 6.92 Å². The Morgan fingerprint density at radius 2 is 1.81 bits per heavy atom. The van der Waals surface area contributed by atoms with Gasteiger partial charge in [0.05, 0.1) is 30.9 Å². The van der Waals surface area contributed by atoms with Crippen LogP contribution in [0.5, 0.6) is 5.88 Å². The van der Waals surface area contributed by atoms with Crippen molar-refractivity contribution in [3.05, 3.63) is 53.6 Å². The Kier molecular flexibility index (Phi) is 5.01. The summed E-state index contributed by atoms with van der Waals surface area (Å²) in [6, 6.07) is 8.15. The molecule has 0 bridgehead atoms. The fraction of sp³-hybridized carbons (Fsp3) is 0.409. The van der Waals surface area contributed by atoms with Gasteiger partial charge in [-0.1, -0.05) is 22.9 Å². The highest BCUT2D eigenvalue weighted by molar-refractivity contribution is 5.94.